The van der Waals surface area contributed by atoms with Crippen molar-refractivity contribution in [3.8, 4) is 11.5 Å². The molecule has 0 aliphatic carbocycles. The Hall–Kier alpha value is -2.53. The zero-order chi connectivity index (χ0) is 18.5. The highest BCUT2D eigenvalue weighted by Gasteiger charge is 2.16. The molecule has 1 fully saturated rings. The maximum Gasteiger partial charge on any atom is 0.166 e. The van der Waals surface area contributed by atoms with Gasteiger partial charge in [-0.1, -0.05) is 29.8 Å². The summed E-state index contributed by atoms with van der Waals surface area (Å²) in [4.78, 5) is 2.46. The van der Waals surface area contributed by atoms with E-state index in [1.54, 1.807) is 19.4 Å². The lowest BCUT2D eigenvalue weighted by Crippen LogP contribution is -2.43. The van der Waals surface area contributed by atoms with Crippen LogP contribution in [0.5, 0.6) is 11.5 Å². The van der Waals surface area contributed by atoms with Crippen LogP contribution in [0.1, 0.15) is 22.3 Å². The Labute approximate surface area is 155 Å². The fourth-order valence-corrected chi connectivity index (χ4v) is 3.23. The van der Waals surface area contributed by atoms with Gasteiger partial charge in [-0.3, -0.25) is 9.91 Å². The molecule has 2 aromatic rings. The van der Waals surface area contributed by atoms with E-state index in [4.69, 9.17) is 4.74 Å². The maximum absolute atomic E-state index is 10.1. The normalized spacial score (nSPS) is 15.6. The van der Waals surface area contributed by atoms with Gasteiger partial charge in [0.25, 0.3) is 0 Å². The number of benzene rings is 2. The van der Waals surface area contributed by atoms with Gasteiger partial charge in [-0.15, -0.1) is 0 Å². The number of hydrogen-bond donors (Lipinski definition) is 1. The molecule has 2 aromatic carbocycles. The quantitative estimate of drug-likeness (QED) is 0.839. The Morgan fingerprint density at radius 2 is 1.88 bits per heavy atom. The molecule has 5 heteroatoms. The SMILES string of the molecule is COc1cccc(/C=N/N2CCN(Cc3ccc(C)cc3C)CC2)c1O. The predicted molar refractivity (Wildman–Crippen MR) is 105 cm³/mol. The molecule has 0 atom stereocenters. The van der Waals surface area contributed by atoms with Crippen molar-refractivity contribution < 1.29 is 9.84 Å². The van der Waals surface area contributed by atoms with Crippen LogP contribution in [0, 0.1) is 13.8 Å². The molecule has 1 N–H and O–H groups in total. The molecule has 0 aromatic heterocycles. The van der Waals surface area contributed by atoms with E-state index in [-0.39, 0.29) is 5.75 Å². The Kier molecular flexibility index (Phi) is 5.78. The van der Waals surface area contributed by atoms with Crippen LogP contribution in [0.15, 0.2) is 41.5 Å². The zero-order valence-electron chi connectivity index (χ0n) is 15.8. The Morgan fingerprint density at radius 3 is 2.58 bits per heavy atom. The molecule has 5 nitrogen and oxygen atoms in total. The van der Waals surface area contributed by atoms with Crippen LogP contribution in [0.4, 0.5) is 0 Å². The summed E-state index contributed by atoms with van der Waals surface area (Å²) >= 11 is 0. The fraction of sp³-hybridized carbons (Fsp3) is 0.381. The average molecular weight is 353 g/mol. The van der Waals surface area contributed by atoms with Gasteiger partial charge in [0.2, 0.25) is 0 Å². The number of hydrogen-bond acceptors (Lipinski definition) is 5. The highest BCUT2D eigenvalue weighted by Crippen LogP contribution is 2.28. The summed E-state index contributed by atoms with van der Waals surface area (Å²) in [5.74, 6) is 0.597. The van der Waals surface area contributed by atoms with Gasteiger partial charge in [-0.2, -0.15) is 5.10 Å². The van der Waals surface area contributed by atoms with E-state index in [0.29, 0.717) is 11.3 Å². The van der Waals surface area contributed by atoms with Crippen LogP contribution in [0.3, 0.4) is 0 Å². The van der Waals surface area contributed by atoms with E-state index < -0.39 is 0 Å². The number of aryl methyl sites for hydroxylation is 2. The summed E-state index contributed by atoms with van der Waals surface area (Å²) in [6.07, 6.45) is 1.71. The smallest absolute Gasteiger partial charge is 0.166 e. The van der Waals surface area contributed by atoms with Crippen LogP contribution in [0.25, 0.3) is 0 Å². The van der Waals surface area contributed by atoms with Crippen molar-refractivity contribution in [1.82, 2.24) is 9.91 Å². The number of methoxy groups -OCH3 is 1. The van der Waals surface area contributed by atoms with Gasteiger partial charge in [0, 0.05) is 38.3 Å². The van der Waals surface area contributed by atoms with Crippen molar-refractivity contribution in [2.45, 2.75) is 20.4 Å². The number of piperazine rings is 1. The molecular formula is C21H27N3O2. The van der Waals surface area contributed by atoms with Crippen LogP contribution < -0.4 is 4.74 Å². The van der Waals surface area contributed by atoms with Crippen LogP contribution >= 0.6 is 0 Å². The monoisotopic (exact) mass is 353 g/mol. The predicted octanol–water partition coefficient (Wildman–Crippen LogP) is 3.17. The largest absolute Gasteiger partial charge is 0.504 e. The Bertz CT molecular complexity index is 781. The fourth-order valence-electron chi connectivity index (χ4n) is 3.23. The molecule has 1 heterocycles. The number of ether oxygens (including phenoxy) is 1. The molecule has 0 spiro atoms. The second-order valence-corrected chi connectivity index (χ2v) is 6.80. The van der Waals surface area contributed by atoms with Crippen molar-refractivity contribution >= 4 is 6.21 Å². The third kappa shape index (κ3) is 4.35. The van der Waals surface area contributed by atoms with Gasteiger partial charge in [0.1, 0.15) is 0 Å². The first kappa shape index (κ1) is 18.3. The highest BCUT2D eigenvalue weighted by molar-refractivity contribution is 5.84. The van der Waals surface area contributed by atoms with Crippen molar-refractivity contribution in [3.63, 3.8) is 0 Å². The van der Waals surface area contributed by atoms with Gasteiger partial charge >= 0.3 is 0 Å². The molecule has 138 valence electrons. The standard InChI is InChI=1S/C21H27N3O2/c1-16-7-8-19(17(2)13-16)15-23-9-11-24(12-10-23)22-14-18-5-4-6-20(26-3)21(18)25/h4-8,13-14,25H,9-12,15H2,1-3H3/b22-14+. The summed E-state index contributed by atoms with van der Waals surface area (Å²) in [6, 6.07) is 12.1. The minimum atomic E-state index is 0.132. The number of rotatable bonds is 5. The summed E-state index contributed by atoms with van der Waals surface area (Å²) < 4.78 is 5.13. The summed E-state index contributed by atoms with van der Waals surface area (Å²) in [5.41, 5.74) is 4.74. The number of para-hydroxylation sites is 1. The Balaban J connectivity index is 1.55. The van der Waals surface area contributed by atoms with E-state index in [1.165, 1.54) is 16.7 Å². The minimum absolute atomic E-state index is 0.132. The van der Waals surface area contributed by atoms with Crippen molar-refractivity contribution in [2.24, 2.45) is 5.10 Å². The third-order valence-corrected chi connectivity index (χ3v) is 4.85. The molecule has 1 saturated heterocycles. The van der Waals surface area contributed by atoms with Crippen LogP contribution in [-0.4, -0.2) is 54.5 Å². The van der Waals surface area contributed by atoms with Gasteiger partial charge in [0.05, 0.1) is 13.3 Å². The molecular weight excluding hydrogens is 326 g/mol. The van der Waals surface area contributed by atoms with E-state index >= 15 is 0 Å². The van der Waals surface area contributed by atoms with Crippen LogP contribution in [-0.2, 0) is 6.54 Å². The van der Waals surface area contributed by atoms with Gasteiger partial charge in [-0.25, -0.2) is 0 Å². The average Bonchev–Trinajstić information content (AvgIpc) is 2.64. The molecule has 0 radical (unpaired) electrons. The molecule has 1 aliphatic heterocycles. The lowest BCUT2D eigenvalue weighted by atomic mass is 10.1. The maximum atomic E-state index is 10.1. The first-order valence-electron chi connectivity index (χ1n) is 9.00. The van der Waals surface area contributed by atoms with E-state index in [0.717, 1.165) is 32.7 Å². The van der Waals surface area contributed by atoms with Gasteiger partial charge < -0.3 is 9.84 Å². The second kappa shape index (κ2) is 8.23. The lowest BCUT2D eigenvalue weighted by molar-refractivity contribution is 0.131. The molecule has 3 rings (SSSR count). The third-order valence-electron chi connectivity index (χ3n) is 4.85. The van der Waals surface area contributed by atoms with Crippen molar-refractivity contribution in [3.05, 3.63) is 58.7 Å². The van der Waals surface area contributed by atoms with Crippen molar-refractivity contribution in [1.29, 1.82) is 0 Å². The topological polar surface area (TPSA) is 48.3 Å². The zero-order valence-corrected chi connectivity index (χ0v) is 15.8. The first-order valence-corrected chi connectivity index (χ1v) is 9.00. The summed E-state index contributed by atoms with van der Waals surface area (Å²) in [6.45, 7) is 9.03. The molecule has 0 bridgehead atoms. The number of aromatic hydroxyl groups is 1. The number of phenolic OH excluding ortho intramolecular Hbond substituents is 1. The lowest BCUT2D eigenvalue weighted by Gasteiger charge is -2.33. The van der Waals surface area contributed by atoms with E-state index in [2.05, 4.69) is 47.1 Å². The second-order valence-electron chi connectivity index (χ2n) is 6.80. The summed E-state index contributed by atoms with van der Waals surface area (Å²) in [5, 5.41) is 16.7. The minimum Gasteiger partial charge on any atom is -0.504 e. The molecule has 1 aliphatic rings. The molecule has 26 heavy (non-hydrogen) atoms. The molecule has 0 saturated carbocycles. The van der Waals surface area contributed by atoms with E-state index in [1.807, 2.05) is 12.1 Å². The highest BCUT2D eigenvalue weighted by atomic mass is 16.5. The van der Waals surface area contributed by atoms with Crippen molar-refractivity contribution in [2.75, 3.05) is 33.3 Å². The molecule has 0 unspecified atom stereocenters. The van der Waals surface area contributed by atoms with Gasteiger partial charge in [-0.05, 0) is 37.1 Å². The van der Waals surface area contributed by atoms with Crippen LogP contribution in [0.2, 0.25) is 0 Å². The number of nitrogens with zero attached hydrogens (tertiary/aromatic N) is 3. The molecule has 0 amide bonds. The number of phenols is 1. The van der Waals surface area contributed by atoms with E-state index in [9.17, 15) is 5.11 Å². The summed E-state index contributed by atoms with van der Waals surface area (Å²) in [7, 11) is 1.55. The number of hydrazone groups is 1. The van der Waals surface area contributed by atoms with Gasteiger partial charge in [0.15, 0.2) is 11.5 Å². The first-order chi connectivity index (χ1) is 12.6. The Morgan fingerprint density at radius 1 is 1.12 bits per heavy atom.